The second-order valence-electron chi connectivity index (χ2n) is 5.41. The molecule has 0 heterocycles. The fourth-order valence-corrected chi connectivity index (χ4v) is 3.56. The zero-order chi connectivity index (χ0) is 14.2. The Balaban J connectivity index is 1.84. The molecule has 20 heavy (non-hydrogen) atoms. The first-order valence-electron chi connectivity index (χ1n) is 6.69. The SMILES string of the molecule is O=S(=O)(NCC1(O)CCC1)c1ccc2ccccc2c1. The molecular formula is C15H17NO3S. The highest BCUT2D eigenvalue weighted by molar-refractivity contribution is 7.89. The first kappa shape index (κ1) is 13.5. The van der Waals surface area contributed by atoms with E-state index in [1.54, 1.807) is 18.2 Å². The summed E-state index contributed by atoms with van der Waals surface area (Å²) in [4.78, 5) is 0.235. The van der Waals surface area contributed by atoms with Crippen LogP contribution in [0.3, 0.4) is 0 Å². The number of sulfonamides is 1. The van der Waals surface area contributed by atoms with Crippen LogP contribution in [-0.2, 0) is 10.0 Å². The van der Waals surface area contributed by atoms with Crippen molar-refractivity contribution in [3.63, 3.8) is 0 Å². The van der Waals surface area contributed by atoms with Crippen molar-refractivity contribution in [2.75, 3.05) is 6.54 Å². The second kappa shape index (κ2) is 4.84. The smallest absolute Gasteiger partial charge is 0.240 e. The Morgan fingerprint density at radius 2 is 1.80 bits per heavy atom. The fourth-order valence-electron chi connectivity index (χ4n) is 2.41. The van der Waals surface area contributed by atoms with Gasteiger partial charge in [0.15, 0.2) is 0 Å². The first-order valence-corrected chi connectivity index (χ1v) is 8.18. The van der Waals surface area contributed by atoms with Crippen LogP contribution in [0, 0.1) is 0 Å². The van der Waals surface area contributed by atoms with Crippen molar-refractivity contribution < 1.29 is 13.5 Å². The van der Waals surface area contributed by atoms with E-state index in [4.69, 9.17) is 0 Å². The molecule has 0 aliphatic heterocycles. The molecule has 3 rings (SSSR count). The Morgan fingerprint density at radius 1 is 1.10 bits per heavy atom. The molecule has 4 nitrogen and oxygen atoms in total. The molecule has 0 atom stereocenters. The van der Waals surface area contributed by atoms with Crippen LogP contribution in [0.5, 0.6) is 0 Å². The highest BCUT2D eigenvalue weighted by Gasteiger charge is 2.35. The lowest BCUT2D eigenvalue weighted by atomic mass is 9.81. The predicted octanol–water partition coefficient (Wildman–Crippen LogP) is 2.03. The lowest BCUT2D eigenvalue weighted by Crippen LogP contribution is -2.47. The molecule has 0 aromatic heterocycles. The summed E-state index contributed by atoms with van der Waals surface area (Å²) >= 11 is 0. The molecule has 1 fully saturated rings. The second-order valence-corrected chi connectivity index (χ2v) is 7.18. The van der Waals surface area contributed by atoms with Gasteiger partial charge in [0, 0.05) is 6.54 Å². The van der Waals surface area contributed by atoms with Gasteiger partial charge in [-0.3, -0.25) is 0 Å². The molecule has 0 spiro atoms. The minimum absolute atomic E-state index is 0.0855. The van der Waals surface area contributed by atoms with Crippen LogP contribution >= 0.6 is 0 Å². The van der Waals surface area contributed by atoms with E-state index in [9.17, 15) is 13.5 Å². The highest BCUT2D eigenvalue weighted by Crippen LogP contribution is 2.31. The molecule has 2 aromatic carbocycles. The van der Waals surface area contributed by atoms with E-state index in [-0.39, 0.29) is 11.4 Å². The normalized spacial score (nSPS) is 17.9. The van der Waals surface area contributed by atoms with Crippen LogP contribution in [0.25, 0.3) is 10.8 Å². The number of hydrogen-bond donors (Lipinski definition) is 2. The van der Waals surface area contributed by atoms with E-state index in [0.29, 0.717) is 12.8 Å². The number of benzene rings is 2. The number of rotatable bonds is 4. The summed E-state index contributed by atoms with van der Waals surface area (Å²) in [6.45, 7) is 0.0855. The van der Waals surface area contributed by atoms with Gasteiger partial charge in [-0.2, -0.15) is 0 Å². The number of hydrogen-bond acceptors (Lipinski definition) is 3. The van der Waals surface area contributed by atoms with Gasteiger partial charge in [0.1, 0.15) is 0 Å². The monoisotopic (exact) mass is 291 g/mol. The molecule has 1 aliphatic carbocycles. The standard InChI is InChI=1S/C15H17NO3S/c17-15(8-3-9-15)11-16-20(18,19)14-7-6-12-4-1-2-5-13(12)10-14/h1-2,4-7,10,16-17H,3,8-9,11H2. The molecule has 0 radical (unpaired) electrons. The lowest BCUT2D eigenvalue weighted by molar-refractivity contribution is -0.0270. The fraction of sp³-hybridized carbons (Fsp3) is 0.333. The molecule has 0 saturated heterocycles. The van der Waals surface area contributed by atoms with Gasteiger partial charge in [0.2, 0.25) is 10.0 Å². The third-order valence-corrected chi connectivity index (χ3v) is 5.31. The third-order valence-electron chi connectivity index (χ3n) is 3.91. The van der Waals surface area contributed by atoms with Crippen molar-refractivity contribution in [2.24, 2.45) is 0 Å². The summed E-state index contributed by atoms with van der Waals surface area (Å²) in [5, 5.41) is 11.9. The molecule has 0 bridgehead atoms. The molecule has 0 amide bonds. The third kappa shape index (κ3) is 2.57. The maximum atomic E-state index is 12.2. The Morgan fingerprint density at radius 3 is 2.45 bits per heavy atom. The molecule has 0 unspecified atom stereocenters. The predicted molar refractivity (Wildman–Crippen MR) is 77.9 cm³/mol. The van der Waals surface area contributed by atoms with E-state index in [0.717, 1.165) is 17.2 Å². The summed E-state index contributed by atoms with van der Waals surface area (Å²) in [5.74, 6) is 0. The van der Waals surface area contributed by atoms with E-state index >= 15 is 0 Å². The van der Waals surface area contributed by atoms with Gasteiger partial charge in [-0.1, -0.05) is 30.3 Å². The minimum atomic E-state index is -3.57. The Hall–Kier alpha value is -1.43. The molecular weight excluding hydrogens is 274 g/mol. The molecule has 5 heteroatoms. The van der Waals surface area contributed by atoms with Gasteiger partial charge in [-0.15, -0.1) is 0 Å². The average Bonchev–Trinajstić information content (AvgIpc) is 2.42. The van der Waals surface area contributed by atoms with Gasteiger partial charge >= 0.3 is 0 Å². The summed E-state index contributed by atoms with van der Waals surface area (Å²) in [5.41, 5.74) is -0.857. The van der Waals surface area contributed by atoms with E-state index < -0.39 is 15.6 Å². The van der Waals surface area contributed by atoms with Gasteiger partial charge in [-0.25, -0.2) is 13.1 Å². The summed E-state index contributed by atoms with van der Waals surface area (Å²) in [6.07, 6.45) is 2.27. The Labute approximate surface area is 118 Å². The number of fused-ring (bicyclic) bond motifs is 1. The van der Waals surface area contributed by atoms with Crippen LogP contribution in [0.4, 0.5) is 0 Å². The zero-order valence-corrected chi connectivity index (χ0v) is 11.9. The van der Waals surface area contributed by atoms with Crippen molar-refractivity contribution in [3.05, 3.63) is 42.5 Å². The Bertz CT molecular complexity index is 736. The van der Waals surface area contributed by atoms with E-state index in [1.165, 1.54) is 0 Å². The van der Waals surface area contributed by atoms with Gasteiger partial charge < -0.3 is 5.11 Å². The van der Waals surface area contributed by atoms with Gasteiger partial charge in [0.25, 0.3) is 0 Å². The van der Waals surface area contributed by atoms with Crippen molar-refractivity contribution in [1.29, 1.82) is 0 Å². The molecule has 106 valence electrons. The summed E-state index contributed by atoms with van der Waals surface area (Å²) in [6, 6.07) is 12.7. The topological polar surface area (TPSA) is 66.4 Å². The molecule has 2 N–H and O–H groups in total. The maximum Gasteiger partial charge on any atom is 0.240 e. The molecule has 1 saturated carbocycles. The molecule has 2 aromatic rings. The Kier molecular flexibility index (Phi) is 3.28. The van der Waals surface area contributed by atoms with Crippen LogP contribution in [0.2, 0.25) is 0 Å². The average molecular weight is 291 g/mol. The summed E-state index contributed by atoms with van der Waals surface area (Å²) in [7, 11) is -3.57. The largest absolute Gasteiger partial charge is 0.389 e. The van der Waals surface area contributed by atoms with Gasteiger partial charge in [0.05, 0.1) is 10.5 Å². The van der Waals surface area contributed by atoms with Crippen molar-refractivity contribution >= 4 is 20.8 Å². The number of nitrogens with one attached hydrogen (secondary N) is 1. The van der Waals surface area contributed by atoms with Crippen molar-refractivity contribution in [3.8, 4) is 0 Å². The van der Waals surface area contributed by atoms with Crippen LogP contribution in [0.1, 0.15) is 19.3 Å². The summed E-state index contributed by atoms with van der Waals surface area (Å²) < 4.78 is 27.0. The highest BCUT2D eigenvalue weighted by atomic mass is 32.2. The minimum Gasteiger partial charge on any atom is -0.389 e. The van der Waals surface area contributed by atoms with Crippen LogP contribution in [-0.4, -0.2) is 25.7 Å². The van der Waals surface area contributed by atoms with Crippen molar-refractivity contribution in [2.45, 2.75) is 29.8 Å². The lowest BCUT2D eigenvalue weighted by Gasteiger charge is -2.36. The van der Waals surface area contributed by atoms with Crippen molar-refractivity contribution in [1.82, 2.24) is 4.72 Å². The number of aliphatic hydroxyl groups is 1. The maximum absolute atomic E-state index is 12.2. The van der Waals surface area contributed by atoms with E-state index in [2.05, 4.69) is 4.72 Å². The van der Waals surface area contributed by atoms with Gasteiger partial charge in [-0.05, 0) is 42.2 Å². The van der Waals surface area contributed by atoms with Crippen LogP contribution < -0.4 is 4.72 Å². The first-order chi connectivity index (χ1) is 9.49. The van der Waals surface area contributed by atoms with Crippen LogP contribution in [0.15, 0.2) is 47.4 Å². The van der Waals surface area contributed by atoms with E-state index in [1.807, 2.05) is 24.3 Å². The molecule has 1 aliphatic rings. The quantitative estimate of drug-likeness (QED) is 0.906. The zero-order valence-electron chi connectivity index (χ0n) is 11.0.